The first kappa shape index (κ1) is 26.0. The Balaban J connectivity index is 1.45. The van der Waals surface area contributed by atoms with Crippen LogP contribution in [-0.4, -0.2) is 25.7 Å². The number of methoxy groups -OCH3 is 1. The lowest BCUT2D eigenvalue weighted by atomic mass is 9.86. The molecule has 6 nitrogen and oxygen atoms in total. The van der Waals surface area contributed by atoms with Crippen molar-refractivity contribution in [2.75, 3.05) is 13.7 Å². The maximum atomic E-state index is 13.4. The number of carbonyl (C=O) groups excluding carboxylic acids is 2. The Morgan fingerprint density at radius 2 is 1.56 bits per heavy atom. The smallest absolute Gasteiger partial charge is 0.339 e. The maximum Gasteiger partial charge on any atom is 0.339 e. The van der Waals surface area contributed by atoms with Crippen LogP contribution in [0, 0.1) is 0 Å². The quantitative estimate of drug-likeness (QED) is 0.204. The molecule has 0 N–H and O–H groups in total. The molecule has 0 saturated heterocycles. The first-order chi connectivity index (χ1) is 18.7. The highest BCUT2D eigenvalue weighted by atomic mass is 16.6. The van der Waals surface area contributed by atoms with Crippen molar-refractivity contribution in [2.24, 2.45) is 0 Å². The molecule has 5 aromatic rings. The summed E-state index contributed by atoms with van der Waals surface area (Å²) in [5.41, 5.74) is 2.73. The molecule has 0 fully saturated rings. The Labute approximate surface area is 227 Å². The lowest BCUT2D eigenvalue weighted by Crippen LogP contribution is -2.18. The van der Waals surface area contributed by atoms with Gasteiger partial charge in [-0.3, -0.25) is 0 Å². The van der Waals surface area contributed by atoms with Gasteiger partial charge in [-0.25, -0.2) is 9.59 Å². The number of hydrogen-bond donors (Lipinski definition) is 0. The largest absolute Gasteiger partial charge is 0.489 e. The van der Waals surface area contributed by atoms with E-state index in [4.69, 9.17) is 18.6 Å². The number of fused-ring (bicyclic) bond motifs is 2. The number of carbonyl (C=O) groups is 2. The van der Waals surface area contributed by atoms with Gasteiger partial charge in [0.15, 0.2) is 6.10 Å². The summed E-state index contributed by atoms with van der Waals surface area (Å²) in [6.45, 7) is 6.48. The van der Waals surface area contributed by atoms with Gasteiger partial charge in [-0.1, -0.05) is 63.2 Å². The molecular weight excluding hydrogens is 492 g/mol. The Morgan fingerprint density at radius 1 is 0.821 bits per heavy atom. The zero-order valence-electron chi connectivity index (χ0n) is 22.4. The fourth-order valence-corrected chi connectivity index (χ4v) is 4.44. The first-order valence-electron chi connectivity index (χ1n) is 12.8. The molecule has 39 heavy (non-hydrogen) atoms. The normalized spacial score (nSPS) is 12.3. The molecule has 1 aromatic heterocycles. The van der Waals surface area contributed by atoms with E-state index in [-0.39, 0.29) is 12.0 Å². The van der Waals surface area contributed by atoms with E-state index in [1.165, 1.54) is 12.7 Å². The molecule has 0 spiro atoms. The van der Waals surface area contributed by atoms with Crippen LogP contribution >= 0.6 is 0 Å². The van der Waals surface area contributed by atoms with Gasteiger partial charge in [-0.2, -0.15) is 0 Å². The molecule has 6 heteroatoms. The Kier molecular flexibility index (Phi) is 7.11. The number of rotatable bonds is 7. The minimum atomic E-state index is -0.817. The van der Waals surface area contributed by atoms with Gasteiger partial charge in [0.05, 0.1) is 18.2 Å². The van der Waals surface area contributed by atoms with Crippen LogP contribution in [0.3, 0.4) is 0 Å². The standard InChI is InChI=1S/C33H30O6/c1-33(2,3)24-14-17-28-23(18-24)19-29(38-28)30(20-37-25-15-12-22(13-16-25)31(34)36-4)39-32(35)27-11-7-9-21-8-5-6-10-26(21)27/h5-19,30H,20H2,1-4H3. The van der Waals surface area contributed by atoms with Gasteiger partial charge in [0, 0.05) is 5.39 Å². The summed E-state index contributed by atoms with van der Waals surface area (Å²) < 4.78 is 22.9. The summed E-state index contributed by atoms with van der Waals surface area (Å²) in [5.74, 6) is 0.0911. The summed E-state index contributed by atoms with van der Waals surface area (Å²) in [7, 11) is 1.33. The summed E-state index contributed by atoms with van der Waals surface area (Å²) in [4.78, 5) is 25.2. The number of hydrogen-bond acceptors (Lipinski definition) is 6. The Morgan fingerprint density at radius 3 is 2.31 bits per heavy atom. The van der Waals surface area contributed by atoms with Crippen molar-refractivity contribution in [2.45, 2.75) is 32.3 Å². The fraction of sp³-hybridized carbons (Fsp3) is 0.212. The van der Waals surface area contributed by atoms with Crippen LogP contribution in [0.5, 0.6) is 5.75 Å². The third kappa shape index (κ3) is 5.65. The summed E-state index contributed by atoms with van der Waals surface area (Å²) in [6, 6.07) is 27.8. The molecule has 0 amide bonds. The summed E-state index contributed by atoms with van der Waals surface area (Å²) in [5, 5.41) is 2.68. The molecule has 4 aromatic carbocycles. The molecule has 0 bridgehead atoms. The van der Waals surface area contributed by atoms with Gasteiger partial charge in [-0.05, 0) is 70.3 Å². The topological polar surface area (TPSA) is 75.0 Å². The average Bonchev–Trinajstić information content (AvgIpc) is 3.37. The molecule has 0 aliphatic heterocycles. The zero-order valence-corrected chi connectivity index (χ0v) is 22.4. The zero-order chi connectivity index (χ0) is 27.6. The number of furan rings is 1. The molecule has 5 rings (SSSR count). The van der Waals surface area contributed by atoms with Crippen LogP contribution < -0.4 is 4.74 Å². The minimum Gasteiger partial charge on any atom is -0.489 e. The van der Waals surface area contributed by atoms with Crippen LogP contribution in [0.1, 0.15) is 58.9 Å². The van der Waals surface area contributed by atoms with Crippen molar-refractivity contribution in [1.29, 1.82) is 0 Å². The van der Waals surface area contributed by atoms with Crippen LogP contribution in [0.2, 0.25) is 0 Å². The van der Waals surface area contributed by atoms with Crippen molar-refractivity contribution >= 4 is 33.7 Å². The van der Waals surface area contributed by atoms with E-state index in [1.54, 1.807) is 30.3 Å². The minimum absolute atomic E-state index is 0.0139. The van der Waals surface area contributed by atoms with Crippen LogP contribution in [0.25, 0.3) is 21.7 Å². The number of esters is 2. The van der Waals surface area contributed by atoms with Gasteiger partial charge < -0.3 is 18.6 Å². The van der Waals surface area contributed by atoms with E-state index in [0.29, 0.717) is 28.2 Å². The average molecular weight is 523 g/mol. The van der Waals surface area contributed by atoms with Gasteiger partial charge in [0.2, 0.25) is 0 Å². The van der Waals surface area contributed by atoms with E-state index in [2.05, 4.69) is 26.8 Å². The van der Waals surface area contributed by atoms with Crippen molar-refractivity contribution in [3.63, 3.8) is 0 Å². The van der Waals surface area contributed by atoms with Gasteiger partial charge in [0.1, 0.15) is 23.7 Å². The van der Waals surface area contributed by atoms with Gasteiger partial charge >= 0.3 is 11.9 Å². The van der Waals surface area contributed by atoms with Gasteiger partial charge in [-0.15, -0.1) is 0 Å². The predicted octanol–water partition coefficient (Wildman–Crippen LogP) is 7.65. The second-order valence-corrected chi connectivity index (χ2v) is 10.4. The lowest BCUT2D eigenvalue weighted by Gasteiger charge is -2.18. The number of ether oxygens (including phenoxy) is 3. The van der Waals surface area contributed by atoms with E-state index in [1.807, 2.05) is 54.6 Å². The van der Waals surface area contributed by atoms with E-state index in [9.17, 15) is 9.59 Å². The summed E-state index contributed by atoms with van der Waals surface area (Å²) >= 11 is 0. The molecule has 1 heterocycles. The molecule has 1 atom stereocenters. The van der Waals surface area contributed by atoms with E-state index < -0.39 is 18.0 Å². The number of benzene rings is 4. The van der Waals surface area contributed by atoms with E-state index in [0.717, 1.165) is 16.2 Å². The van der Waals surface area contributed by atoms with Gasteiger partial charge in [0.25, 0.3) is 0 Å². The lowest BCUT2D eigenvalue weighted by molar-refractivity contribution is 0.0110. The molecule has 0 saturated carbocycles. The highest BCUT2D eigenvalue weighted by Crippen LogP contribution is 2.32. The third-order valence-corrected chi connectivity index (χ3v) is 6.65. The molecule has 0 aliphatic carbocycles. The van der Waals surface area contributed by atoms with Crippen molar-refractivity contribution in [3.8, 4) is 5.75 Å². The molecule has 1 unspecified atom stereocenters. The molecule has 0 radical (unpaired) electrons. The van der Waals surface area contributed by atoms with Crippen molar-refractivity contribution in [3.05, 3.63) is 113 Å². The monoisotopic (exact) mass is 522 g/mol. The SMILES string of the molecule is COC(=O)c1ccc(OCC(OC(=O)c2cccc3ccccc23)c2cc3cc(C(C)(C)C)ccc3o2)cc1. The Bertz CT molecular complexity index is 1630. The van der Waals surface area contributed by atoms with Crippen LogP contribution in [0.15, 0.2) is 95.4 Å². The highest BCUT2D eigenvalue weighted by Gasteiger charge is 2.25. The molecule has 198 valence electrons. The fourth-order valence-electron chi connectivity index (χ4n) is 4.44. The van der Waals surface area contributed by atoms with Crippen LogP contribution in [0.4, 0.5) is 0 Å². The third-order valence-electron chi connectivity index (χ3n) is 6.65. The van der Waals surface area contributed by atoms with Crippen molar-refractivity contribution in [1.82, 2.24) is 0 Å². The molecular formula is C33H30O6. The maximum absolute atomic E-state index is 13.4. The second-order valence-electron chi connectivity index (χ2n) is 10.4. The second kappa shape index (κ2) is 10.7. The van der Waals surface area contributed by atoms with Crippen LogP contribution in [-0.2, 0) is 14.9 Å². The summed E-state index contributed by atoms with van der Waals surface area (Å²) in [6.07, 6.45) is -0.817. The van der Waals surface area contributed by atoms with Crippen molar-refractivity contribution < 1.29 is 28.2 Å². The van der Waals surface area contributed by atoms with E-state index >= 15 is 0 Å². The molecule has 0 aliphatic rings. The highest BCUT2D eigenvalue weighted by molar-refractivity contribution is 6.04. The predicted molar refractivity (Wildman–Crippen MR) is 150 cm³/mol. The Hall–Kier alpha value is -4.58. The first-order valence-corrected chi connectivity index (χ1v) is 12.8.